The summed E-state index contributed by atoms with van der Waals surface area (Å²) in [5, 5.41) is 10.3. The number of halogens is 1. The molecular weight excluding hydrogens is 459 g/mol. The lowest BCUT2D eigenvalue weighted by molar-refractivity contribution is 0.568. The van der Waals surface area contributed by atoms with Crippen LogP contribution >= 0.6 is 0 Å². The van der Waals surface area contributed by atoms with Crippen molar-refractivity contribution in [2.45, 2.75) is 30.5 Å². The SMILES string of the molecule is CNCc1ccc(-c2nnc(-c3nc(-c4ccc(S(=O)(=O)C(C)C)cc4)cnc3N)o2)c(F)c1.[HH].[HH].[HH]. The summed E-state index contributed by atoms with van der Waals surface area (Å²) in [6.45, 7) is 3.78. The van der Waals surface area contributed by atoms with E-state index < -0.39 is 20.9 Å². The smallest absolute Gasteiger partial charge is 0.270 e. The summed E-state index contributed by atoms with van der Waals surface area (Å²) in [5.41, 5.74) is 8.11. The van der Waals surface area contributed by atoms with Gasteiger partial charge in [-0.25, -0.2) is 22.8 Å². The molecule has 0 aliphatic carbocycles. The zero-order valence-corrected chi connectivity index (χ0v) is 19.6. The van der Waals surface area contributed by atoms with Crippen LogP contribution in [-0.4, -0.2) is 40.9 Å². The molecule has 0 aliphatic heterocycles. The third-order valence-corrected chi connectivity index (χ3v) is 7.34. The highest BCUT2D eigenvalue weighted by molar-refractivity contribution is 7.92. The Labute approximate surface area is 200 Å². The molecule has 9 nitrogen and oxygen atoms in total. The Bertz CT molecular complexity index is 1450. The van der Waals surface area contributed by atoms with Crippen LogP contribution in [0.1, 0.15) is 23.7 Å². The molecule has 0 unspecified atom stereocenters. The van der Waals surface area contributed by atoms with E-state index in [2.05, 4.69) is 25.5 Å². The highest BCUT2D eigenvalue weighted by Gasteiger charge is 2.21. The standard InChI is InChI=1S/C23H23FN6O3S.3H2/c1-13(2)34(31,32)16-7-5-15(6-8-16)19-12-27-21(25)20(28-19)23-30-29-22(33-23)17-9-4-14(11-26-3)10-18(17)24;;;/h4-10,12-13,26H,11H2,1-3H3,(H2,25,27);3*1H. The summed E-state index contributed by atoms with van der Waals surface area (Å²) >= 11 is 0. The van der Waals surface area contributed by atoms with Gasteiger partial charge in [-0.3, -0.25) is 0 Å². The number of anilines is 1. The molecule has 11 heteroatoms. The van der Waals surface area contributed by atoms with Gasteiger partial charge in [-0.15, -0.1) is 10.2 Å². The zero-order valence-electron chi connectivity index (χ0n) is 18.8. The van der Waals surface area contributed by atoms with E-state index in [1.807, 2.05) is 0 Å². The second-order valence-corrected chi connectivity index (χ2v) is 10.4. The maximum Gasteiger partial charge on any atom is 0.270 e. The maximum absolute atomic E-state index is 14.6. The maximum atomic E-state index is 14.6. The molecule has 2 heterocycles. The van der Waals surface area contributed by atoms with Crippen molar-refractivity contribution >= 4 is 15.7 Å². The third kappa shape index (κ3) is 4.52. The van der Waals surface area contributed by atoms with Gasteiger partial charge < -0.3 is 15.5 Å². The van der Waals surface area contributed by atoms with E-state index in [9.17, 15) is 12.8 Å². The lowest BCUT2D eigenvalue weighted by Gasteiger charge is -2.09. The first-order valence-electron chi connectivity index (χ1n) is 10.4. The molecule has 0 amide bonds. The Hall–Kier alpha value is -3.70. The number of hydrogen-bond acceptors (Lipinski definition) is 9. The molecule has 4 rings (SSSR count). The third-order valence-electron chi connectivity index (χ3n) is 5.17. The fraction of sp³-hybridized carbons (Fsp3) is 0.217. The average Bonchev–Trinajstić information content (AvgIpc) is 3.29. The minimum atomic E-state index is -3.39. The van der Waals surface area contributed by atoms with Gasteiger partial charge >= 0.3 is 0 Å². The summed E-state index contributed by atoms with van der Waals surface area (Å²) in [7, 11) is -1.62. The second-order valence-electron chi connectivity index (χ2n) is 7.86. The minimum absolute atomic E-state index is 0. The topological polar surface area (TPSA) is 137 Å². The summed E-state index contributed by atoms with van der Waals surface area (Å²) < 4.78 is 44.9. The zero-order chi connectivity index (χ0) is 24.5. The van der Waals surface area contributed by atoms with E-state index in [-0.39, 0.29) is 38.0 Å². The van der Waals surface area contributed by atoms with Crippen molar-refractivity contribution in [3.8, 4) is 34.3 Å². The summed E-state index contributed by atoms with van der Waals surface area (Å²) in [5.74, 6) is -0.465. The molecule has 3 N–H and O–H groups in total. The number of nitrogens with two attached hydrogens (primary N) is 1. The number of sulfone groups is 1. The van der Waals surface area contributed by atoms with Crippen LogP contribution in [-0.2, 0) is 16.4 Å². The van der Waals surface area contributed by atoms with E-state index in [1.54, 1.807) is 45.2 Å². The molecule has 0 fully saturated rings. The van der Waals surface area contributed by atoms with Gasteiger partial charge in [-0.1, -0.05) is 18.2 Å². The van der Waals surface area contributed by atoms with Crippen LogP contribution in [0.5, 0.6) is 0 Å². The van der Waals surface area contributed by atoms with Crippen LogP contribution in [0.3, 0.4) is 0 Å². The van der Waals surface area contributed by atoms with Crippen molar-refractivity contribution in [1.29, 1.82) is 0 Å². The summed E-state index contributed by atoms with van der Waals surface area (Å²) in [6, 6.07) is 11.0. The second kappa shape index (κ2) is 9.27. The van der Waals surface area contributed by atoms with E-state index in [1.165, 1.54) is 24.4 Å². The van der Waals surface area contributed by atoms with Crippen LogP contribution in [0.25, 0.3) is 34.3 Å². The highest BCUT2D eigenvalue weighted by atomic mass is 32.2. The molecule has 0 aliphatic rings. The molecule has 0 bridgehead atoms. The van der Waals surface area contributed by atoms with E-state index in [0.29, 0.717) is 17.8 Å². The van der Waals surface area contributed by atoms with Crippen molar-refractivity contribution < 1.29 is 21.5 Å². The van der Waals surface area contributed by atoms with Crippen molar-refractivity contribution in [3.63, 3.8) is 0 Å². The van der Waals surface area contributed by atoms with Crippen molar-refractivity contribution in [2.24, 2.45) is 0 Å². The predicted molar refractivity (Wildman–Crippen MR) is 132 cm³/mol. The van der Waals surface area contributed by atoms with Crippen LogP contribution in [0, 0.1) is 5.82 Å². The molecule has 0 saturated heterocycles. The lowest BCUT2D eigenvalue weighted by Crippen LogP contribution is -2.13. The molecule has 4 aromatic rings. The molecule has 0 spiro atoms. The molecular formula is C23H29FN6O3S. The predicted octanol–water partition coefficient (Wildman–Crippen LogP) is 4.22. The molecule has 0 atom stereocenters. The molecule has 0 saturated carbocycles. The largest absolute Gasteiger partial charge is 0.414 e. The normalized spacial score (nSPS) is 11.8. The van der Waals surface area contributed by atoms with Gasteiger partial charge in [0.2, 0.25) is 0 Å². The molecule has 2 aromatic carbocycles. The first-order chi connectivity index (χ1) is 16.2. The van der Waals surface area contributed by atoms with Gasteiger partial charge in [0.1, 0.15) is 5.82 Å². The van der Waals surface area contributed by atoms with Gasteiger partial charge in [-0.2, -0.15) is 0 Å². The van der Waals surface area contributed by atoms with Crippen molar-refractivity contribution in [1.82, 2.24) is 25.5 Å². The first kappa shape index (κ1) is 23.5. The average molecular weight is 489 g/mol. The number of nitrogens with one attached hydrogen (secondary N) is 1. The fourth-order valence-corrected chi connectivity index (χ4v) is 4.32. The van der Waals surface area contributed by atoms with Crippen LogP contribution in [0.2, 0.25) is 0 Å². The number of hydrogen-bond donors (Lipinski definition) is 2. The number of nitrogens with zero attached hydrogens (tertiary/aromatic N) is 4. The highest BCUT2D eigenvalue weighted by Crippen LogP contribution is 2.29. The van der Waals surface area contributed by atoms with E-state index in [0.717, 1.165) is 5.56 Å². The molecule has 34 heavy (non-hydrogen) atoms. The summed E-state index contributed by atoms with van der Waals surface area (Å²) in [6.07, 6.45) is 1.46. The number of aromatic nitrogens is 4. The first-order valence-corrected chi connectivity index (χ1v) is 12.0. The Morgan fingerprint density at radius 3 is 2.47 bits per heavy atom. The van der Waals surface area contributed by atoms with Crippen LogP contribution in [0.15, 0.2) is 58.0 Å². The monoisotopic (exact) mass is 488 g/mol. The number of nitrogen functional groups attached to an aromatic ring is 1. The van der Waals surface area contributed by atoms with Crippen molar-refractivity contribution in [2.75, 3.05) is 12.8 Å². The Morgan fingerprint density at radius 1 is 1.12 bits per heavy atom. The van der Waals surface area contributed by atoms with Gasteiger partial charge in [0.05, 0.1) is 27.6 Å². The molecule has 0 radical (unpaired) electrons. The minimum Gasteiger partial charge on any atom is -0.414 e. The van der Waals surface area contributed by atoms with Gasteiger partial charge in [0, 0.05) is 16.4 Å². The molecule has 2 aromatic heterocycles. The Kier molecular flexibility index (Phi) is 6.40. The summed E-state index contributed by atoms with van der Waals surface area (Å²) in [4.78, 5) is 8.84. The van der Waals surface area contributed by atoms with E-state index >= 15 is 0 Å². The van der Waals surface area contributed by atoms with Crippen LogP contribution < -0.4 is 11.1 Å². The quantitative estimate of drug-likeness (QED) is 0.391. The Balaban J connectivity index is 0.00000228. The van der Waals surface area contributed by atoms with Crippen LogP contribution in [0.4, 0.5) is 10.2 Å². The lowest BCUT2D eigenvalue weighted by atomic mass is 10.1. The van der Waals surface area contributed by atoms with Crippen molar-refractivity contribution in [3.05, 3.63) is 60.0 Å². The Morgan fingerprint density at radius 2 is 1.82 bits per heavy atom. The fourth-order valence-electron chi connectivity index (χ4n) is 3.26. The van der Waals surface area contributed by atoms with Gasteiger partial charge in [0.25, 0.3) is 11.8 Å². The molecule has 182 valence electrons. The van der Waals surface area contributed by atoms with Gasteiger partial charge in [0.15, 0.2) is 21.3 Å². The van der Waals surface area contributed by atoms with E-state index in [4.69, 9.17) is 10.2 Å². The number of rotatable bonds is 7. The number of benzene rings is 2. The van der Waals surface area contributed by atoms with Gasteiger partial charge in [-0.05, 0) is 50.7 Å².